The van der Waals surface area contributed by atoms with Crippen molar-refractivity contribution >= 4 is 22.8 Å². The molecule has 1 aliphatic heterocycles. The molecule has 0 bridgehead atoms. The van der Waals surface area contributed by atoms with Gasteiger partial charge in [-0.25, -0.2) is 9.78 Å². The average Bonchev–Trinajstić information content (AvgIpc) is 3.40. The largest absolute Gasteiger partial charge is 0.497 e. The molecule has 1 fully saturated rings. The van der Waals surface area contributed by atoms with Crippen molar-refractivity contribution in [1.29, 1.82) is 0 Å². The third-order valence-electron chi connectivity index (χ3n) is 7.17. The highest BCUT2D eigenvalue weighted by molar-refractivity contribution is 5.90. The van der Waals surface area contributed by atoms with E-state index in [1.54, 1.807) is 20.4 Å². The van der Waals surface area contributed by atoms with E-state index in [4.69, 9.17) is 14.2 Å². The summed E-state index contributed by atoms with van der Waals surface area (Å²) in [5.41, 5.74) is 3.74. The molecule has 0 unspecified atom stereocenters. The number of H-pyrrole nitrogens is 1. The molecular weight excluding hydrogens is 482 g/mol. The van der Waals surface area contributed by atoms with Crippen LogP contribution in [0.25, 0.3) is 10.9 Å². The van der Waals surface area contributed by atoms with Gasteiger partial charge in [0.15, 0.2) is 5.82 Å². The first kappa shape index (κ1) is 25.4. The molecule has 2 aromatic heterocycles. The first-order chi connectivity index (χ1) is 18.6. The van der Waals surface area contributed by atoms with E-state index in [1.165, 1.54) is 0 Å². The number of hydrogen-bond acceptors (Lipinski definition) is 7. The monoisotopic (exact) mass is 515 g/mol. The van der Waals surface area contributed by atoms with Crippen LogP contribution in [0.5, 0.6) is 11.5 Å². The van der Waals surface area contributed by atoms with Gasteiger partial charge >= 0.3 is 6.09 Å². The SMILES string of the molecule is COc1ccc(CNc2nccc3c([C@@H]4CC[C@H](C)N(C(=O)OCc5ccccc5)C4)[nH]nc23)c(OC)c1. The lowest BCUT2D eigenvalue weighted by molar-refractivity contribution is 0.0672. The second-order valence-electron chi connectivity index (χ2n) is 9.54. The molecule has 1 saturated heterocycles. The second-order valence-corrected chi connectivity index (χ2v) is 9.54. The number of ether oxygens (including phenoxy) is 3. The van der Waals surface area contributed by atoms with Crippen molar-refractivity contribution in [3.05, 3.63) is 77.6 Å². The number of nitrogens with zero attached hydrogens (tertiary/aromatic N) is 3. The van der Waals surface area contributed by atoms with Gasteiger partial charge in [0.25, 0.3) is 0 Å². The topological polar surface area (TPSA) is 102 Å². The van der Waals surface area contributed by atoms with Gasteiger partial charge in [-0.15, -0.1) is 0 Å². The number of carbonyl (C=O) groups excluding carboxylic acids is 1. The molecule has 0 spiro atoms. The van der Waals surface area contributed by atoms with Gasteiger partial charge < -0.3 is 24.4 Å². The fourth-order valence-electron chi connectivity index (χ4n) is 4.98. The Morgan fingerprint density at radius 1 is 1.11 bits per heavy atom. The zero-order chi connectivity index (χ0) is 26.5. The summed E-state index contributed by atoms with van der Waals surface area (Å²) in [5, 5.41) is 12.2. The Kier molecular flexibility index (Phi) is 7.62. The highest BCUT2D eigenvalue weighted by Gasteiger charge is 2.32. The zero-order valence-corrected chi connectivity index (χ0v) is 21.9. The van der Waals surface area contributed by atoms with E-state index < -0.39 is 0 Å². The molecule has 9 heteroatoms. The van der Waals surface area contributed by atoms with Crippen LogP contribution in [-0.2, 0) is 17.9 Å². The van der Waals surface area contributed by atoms with Gasteiger partial charge in [0, 0.05) is 54.0 Å². The minimum atomic E-state index is -0.285. The molecule has 4 aromatic rings. The predicted octanol–water partition coefficient (Wildman–Crippen LogP) is 5.49. The molecule has 2 N–H and O–H groups in total. The Balaban J connectivity index is 1.30. The lowest BCUT2D eigenvalue weighted by Gasteiger charge is -2.37. The average molecular weight is 516 g/mol. The van der Waals surface area contributed by atoms with E-state index in [9.17, 15) is 4.79 Å². The summed E-state index contributed by atoms with van der Waals surface area (Å²) in [5.74, 6) is 2.29. The predicted molar refractivity (Wildman–Crippen MR) is 146 cm³/mol. The number of aromatic nitrogens is 3. The number of rotatable bonds is 8. The summed E-state index contributed by atoms with van der Waals surface area (Å²) >= 11 is 0. The molecule has 0 saturated carbocycles. The Bertz CT molecular complexity index is 1390. The molecule has 2 atom stereocenters. The maximum absolute atomic E-state index is 13.0. The van der Waals surface area contributed by atoms with Crippen molar-refractivity contribution in [2.24, 2.45) is 0 Å². The maximum Gasteiger partial charge on any atom is 0.410 e. The van der Waals surface area contributed by atoms with Crippen LogP contribution in [-0.4, -0.2) is 53.0 Å². The van der Waals surface area contributed by atoms with Crippen LogP contribution in [0.4, 0.5) is 10.6 Å². The number of benzene rings is 2. The second kappa shape index (κ2) is 11.4. The van der Waals surface area contributed by atoms with Crippen LogP contribution in [0.2, 0.25) is 0 Å². The number of piperidine rings is 1. The van der Waals surface area contributed by atoms with Gasteiger partial charge in [0.1, 0.15) is 23.6 Å². The Morgan fingerprint density at radius 2 is 1.95 bits per heavy atom. The number of carbonyl (C=O) groups is 1. The molecule has 0 aliphatic carbocycles. The minimum absolute atomic E-state index is 0.113. The summed E-state index contributed by atoms with van der Waals surface area (Å²) < 4.78 is 16.5. The molecule has 9 nitrogen and oxygen atoms in total. The third kappa shape index (κ3) is 5.37. The van der Waals surface area contributed by atoms with Crippen LogP contribution in [0, 0.1) is 0 Å². The van der Waals surface area contributed by atoms with Crippen LogP contribution in [0.3, 0.4) is 0 Å². The smallest absolute Gasteiger partial charge is 0.410 e. The molecule has 1 amide bonds. The number of methoxy groups -OCH3 is 2. The number of likely N-dealkylation sites (tertiary alicyclic amines) is 1. The molecular formula is C29H33N5O4. The van der Waals surface area contributed by atoms with Crippen LogP contribution in [0.1, 0.15) is 42.5 Å². The van der Waals surface area contributed by atoms with Crippen molar-refractivity contribution in [1.82, 2.24) is 20.1 Å². The number of nitrogens with one attached hydrogen (secondary N) is 2. The zero-order valence-electron chi connectivity index (χ0n) is 21.9. The highest BCUT2D eigenvalue weighted by Crippen LogP contribution is 2.35. The lowest BCUT2D eigenvalue weighted by atomic mass is 9.90. The third-order valence-corrected chi connectivity index (χ3v) is 7.17. The van der Waals surface area contributed by atoms with E-state index in [2.05, 4.69) is 27.4 Å². The Hall–Kier alpha value is -4.27. The summed E-state index contributed by atoms with van der Waals surface area (Å²) in [6.07, 6.45) is 3.34. The number of aromatic amines is 1. The fraction of sp³-hybridized carbons (Fsp3) is 0.345. The summed E-state index contributed by atoms with van der Waals surface area (Å²) in [7, 11) is 3.27. The summed E-state index contributed by atoms with van der Waals surface area (Å²) in [4.78, 5) is 19.3. The van der Waals surface area contributed by atoms with Crippen LogP contribution in [0.15, 0.2) is 60.8 Å². The fourth-order valence-corrected chi connectivity index (χ4v) is 4.98. The van der Waals surface area contributed by atoms with Gasteiger partial charge in [-0.3, -0.25) is 5.10 Å². The summed E-state index contributed by atoms with van der Waals surface area (Å²) in [6, 6.07) is 17.6. The number of anilines is 1. The van der Waals surface area contributed by atoms with Crippen molar-refractivity contribution in [3.8, 4) is 11.5 Å². The van der Waals surface area contributed by atoms with Gasteiger partial charge in [-0.1, -0.05) is 30.3 Å². The Labute approximate surface area is 222 Å². The first-order valence-corrected chi connectivity index (χ1v) is 12.8. The van der Waals surface area contributed by atoms with Gasteiger partial charge in [0.2, 0.25) is 0 Å². The molecule has 1 aliphatic rings. The van der Waals surface area contributed by atoms with Crippen molar-refractivity contribution < 1.29 is 19.0 Å². The number of hydrogen-bond donors (Lipinski definition) is 2. The van der Waals surface area contributed by atoms with E-state index >= 15 is 0 Å². The molecule has 198 valence electrons. The van der Waals surface area contributed by atoms with E-state index in [-0.39, 0.29) is 24.7 Å². The Morgan fingerprint density at radius 3 is 2.74 bits per heavy atom. The van der Waals surface area contributed by atoms with Gasteiger partial charge in [0.05, 0.1) is 14.2 Å². The van der Waals surface area contributed by atoms with Crippen molar-refractivity contribution in [2.75, 3.05) is 26.1 Å². The molecule has 38 heavy (non-hydrogen) atoms. The van der Waals surface area contributed by atoms with E-state index in [0.717, 1.165) is 52.1 Å². The number of amides is 1. The highest BCUT2D eigenvalue weighted by atomic mass is 16.6. The number of fused-ring (bicyclic) bond motifs is 1. The van der Waals surface area contributed by atoms with E-state index in [1.807, 2.05) is 59.5 Å². The van der Waals surface area contributed by atoms with Gasteiger partial charge in [-0.05, 0) is 43.5 Å². The lowest BCUT2D eigenvalue weighted by Crippen LogP contribution is -2.45. The van der Waals surface area contributed by atoms with Crippen LogP contribution >= 0.6 is 0 Å². The van der Waals surface area contributed by atoms with Gasteiger partial charge in [-0.2, -0.15) is 5.10 Å². The van der Waals surface area contributed by atoms with Crippen molar-refractivity contribution in [3.63, 3.8) is 0 Å². The number of pyridine rings is 1. The quantitative estimate of drug-likeness (QED) is 0.320. The van der Waals surface area contributed by atoms with E-state index in [0.29, 0.717) is 18.9 Å². The first-order valence-electron chi connectivity index (χ1n) is 12.8. The molecule has 3 heterocycles. The normalized spacial score (nSPS) is 17.3. The summed E-state index contributed by atoms with van der Waals surface area (Å²) in [6.45, 7) is 3.42. The minimum Gasteiger partial charge on any atom is -0.497 e. The van der Waals surface area contributed by atoms with Crippen LogP contribution < -0.4 is 14.8 Å². The molecule has 2 aromatic carbocycles. The standard InChI is InChI=1S/C29H33N5O4/c1-19-9-10-22(17-34(19)29(35)38-18-20-7-5-4-6-8-20)26-24-13-14-30-28(27(24)33-32-26)31-16-21-11-12-23(36-2)15-25(21)37-3/h4-8,11-15,19,22H,9-10,16-18H2,1-3H3,(H,30,31)(H,32,33)/t19-,22+/m0/s1. The maximum atomic E-state index is 13.0. The van der Waals surface area contributed by atoms with Crippen molar-refractivity contribution in [2.45, 2.75) is 44.9 Å². The molecule has 0 radical (unpaired) electrons. The molecule has 5 rings (SSSR count).